The van der Waals surface area contributed by atoms with Gasteiger partial charge in [-0.2, -0.15) is 0 Å². The molecule has 0 unspecified atom stereocenters. The Labute approximate surface area is 106 Å². The predicted octanol–water partition coefficient (Wildman–Crippen LogP) is 1.58. The zero-order valence-electron chi connectivity index (χ0n) is 9.62. The van der Waals surface area contributed by atoms with E-state index in [2.05, 4.69) is 6.07 Å². The molecule has 2 heterocycles. The average Bonchev–Trinajstić information content (AvgIpc) is 2.20. The molecule has 0 radical (unpaired) electrons. The summed E-state index contributed by atoms with van der Waals surface area (Å²) in [5.74, 6) is 0. The minimum atomic E-state index is -0.00903. The number of hydrogen-bond donors (Lipinski definition) is 1. The number of benzene rings is 1. The van der Waals surface area contributed by atoms with Gasteiger partial charge in [-0.25, -0.2) is 0 Å². The molecule has 2 N–H and O–H groups in total. The van der Waals surface area contributed by atoms with Gasteiger partial charge < -0.3 is 15.2 Å². The molecule has 92 valence electrons. The molecule has 0 amide bonds. The number of halogens is 1. The van der Waals surface area contributed by atoms with Crippen LogP contribution in [-0.4, -0.2) is 33.0 Å². The first-order valence-electron chi connectivity index (χ1n) is 5.84. The summed E-state index contributed by atoms with van der Waals surface area (Å²) in [4.78, 5) is 0. The lowest BCUT2D eigenvalue weighted by molar-refractivity contribution is -0.223. The molecule has 3 nitrogen and oxygen atoms in total. The van der Waals surface area contributed by atoms with E-state index in [0.717, 1.165) is 18.2 Å². The Balaban J connectivity index is 2.02. The van der Waals surface area contributed by atoms with Crippen molar-refractivity contribution in [2.75, 3.05) is 33.0 Å². The van der Waals surface area contributed by atoms with Gasteiger partial charge in [-0.15, -0.1) is 0 Å². The number of nitrogens with two attached hydrogens (primary N) is 1. The summed E-state index contributed by atoms with van der Waals surface area (Å²) in [7, 11) is 0. The van der Waals surface area contributed by atoms with E-state index >= 15 is 0 Å². The topological polar surface area (TPSA) is 44.5 Å². The van der Waals surface area contributed by atoms with Gasteiger partial charge >= 0.3 is 0 Å². The van der Waals surface area contributed by atoms with Gasteiger partial charge in [-0.1, -0.05) is 23.7 Å². The molecular weight excluding hydrogens is 238 g/mol. The van der Waals surface area contributed by atoms with Crippen LogP contribution >= 0.6 is 11.6 Å². The summed E-state index contributed by atoms with van der Waals surface area (Å²) in [6.07, 6.45) is 0. The van der Waals surface area contributed by atoms with Crippen molar-refractivity contribution < 1.29 is 9.47 Å². The Kier molecular flexibility index (Phi) is 2.67. The summed E-state index contributed by atoms with van der Waals surface area (Å²) in [5, 5.41) is 0.765. The summed E-state index contributed by atoms with van der Waals surface area (Å²) in [6, 6.07) is 8.02. The molecule has 2 aliphatic heterocycles. The fourth-order valence-electron chi connectivity index (χ4n) is 2.81. The molecular formula is C13H16ClNO2. The molecule has 2 fully saturated rings. The van der Waals surface area contributed by atoms with Crippen LogP contribution in [0.3, 0.4) is 0 Å². The Morgan fingerprint density at radius 1 is 1.18 bits per heavy atom. The van der Waals surface area contributed by atoms with Crippen LogP contribution in [0.5, 0.6) is 0 Å². The van der Waals surface area contributed by atoms with Gasteiger partial charge in [0.05, 0.1) is 31.8 Å². The lowest BCUT2D eigenvalue weighted by Gasteiger charge is -2.59. The van der Waals surface area contributed by atoms with E-state index in [1.165, 1.54) is 5.56 Å². The van der Waals surface area contributed by atoms with Gasteiger partial charge in [-0.05, 0) is 17.7 Å². The molecule has 2 saturated heterocycles. The maximum atomic E-state index is 6.08. The molecule has 0 bridgehead atoms. The Hall–Kier alpha value is -0.610. The van der Waals surface area contributed by atoms with Gasteiger partial charge in [0.2, 0.25) is 0 Å². The monoisotopic (exact) mass is 253 g/mol. The van der Waals surface area contributed by atoms with Gasteiger partial charge in [-0.3, -0.25) is 0 Å². The van der Waals surface area contributed by atoms with Crippen LogP contribution in [-0.2, 0) is 14.9 Å². The van der Waals surface area contributed by atoms with Crippen molar-refractivity contribution in [2.45, 2.75) is 5.41 Å². The predicted molar refractivity (Wildman–Crippen MR) is 66.3 cm³/mol. The third-order valence-electron chi connectivity index (χ3n) is 4.24. The molecule has 0 aliphatic carbocycles. The van der Waals surface area contributed by atoms with Crippen LogP contribution in [0.1, 0.15) is 5.56 Å². The molecule has 4 heteroatoms. The second-order valence-corrected chi connectivity index (χ2v) is 5.50. The number of ether oxygens (including phenoxy) is 2. The Morgan fingerprint density at radius 3 is 2.29 bits per heavy atom. The number of hydrogen-bond acceptors (Lipinski definition) is 3. The van der Waals surface area contributed by atoms with Crippen molar-refractivity contribution in [2.24, 2.45) is 11.1 Å². The highest BCUT2D eigenvalue weighted by molar-refractivity contribution is 6.30. The number of rotatable bonds is 3. The quantitative estimate of drug-likeness (QED) is 0.890. The van der Waals surface area contributed by atoms with Crippen LogP contribution in [0.4, 0.5) is 0 Å². The van der Waals surface area contributed by atoms with E-state index in [4.69, 9.17) is 26.8 Å². The zero-order valence-corrected chi connectivity index (χ0v) is 10.4. The van der Waals surface area contributed by atoms with Crippen LogP contribution in [0.25, 0.3) is 0 Å². The molecule has 1 aromatic carbocycles. The van der Waals surface area contributed by atoms with Gasteiger partial charge in [0.25, 0.3) is 0 Å². The first-order valence-corrected chi connectivity index (χ1v) is 6.22. The second-order valence-electron chi connectivity index (χ2n) is 5.06. The summed E-state index contributed by atoms with van der Waals surface area (Å²) in [6.45, 7) is 3.50. The molecule has 2 aliphatic rings. The average molecular weight is 254 g/mol. The van der Waals surface area contributed by atoms with E-state index in [1.54, 1.807) is 0 Å². The van der Waals surface area contributed by atoms with Crippen LogP contribution in [0, 0.1) is 5.41 Å². The fourth-order valence-corrected chi connectivity index (χ4v) is 3.00. The smallest absolute Gasteiger partial charge is 0.0593 e. The van der Waals surface area contributed by atoms with Gasteiger partial charge in [0.1, 0.15) is 0 Å². The normalized spacial score (nSPS) is 24.8. The van der Waals surface area contributed by atoms with E-state index in [1.807, 2.05) is 18.2 Å². The van der Waals surface area contributed by atoms with E-state index in [0.29, 0.717) is 19.8 Å². The standard InChI is InChI=1S/C13H16ClNO2/c14-11-3-1-2-10(4-11)13(8-17-9-13)12(5-15)6-16-7-12/h1-4H,5-9,15H2. The van der Waals surface area contributed by atoms with E-state index in [-0.39, 0.29) is 10.8 Å². The highest BCUT2D eigenvalue weighted by Crippen LogP contribution is 2.51. The van der Waals surface area contributed by atoms with Crippen molar-refractivity contribution in [1.29, 1.82) is 0 Å². The van der Waals surface area contributed by atoms with Gasteiger partial charge in [0, 0.05) is 17.0 Å². The van der Waals surface area contributed by atoms with Crippen LogP contribution < -0.4 is 5.73 Å². The van der Waals surface area contributed by atoms with Crippen LogP contribution in [0.15, 0.2) is 24.3 Å². The third-order valence-corrected chi connectivity index (χ3v) is 4.47. The Bertz CT molecular complexity index is 422. The molecule has 0 spiro atoms. The highest BCUT2D eigenvalue weighted by atomic mass is 35.5. The summed E-state index contributed by atoms with van der Waals surface area (Å²) in [5.41, 5.74) is 7.21. The minimum Gasteiger partial charge on any atom is -0.380 e. The molecule has 0 atom stereocenters. The molecule has 0 aromatic heterocycles. The largest absolute Gasteiger partial charge is 0.380 e. The molecule has 1 aromatic rings. The van der Waals surface area contributed by atoms with Crippen molar-refractivity contribution in [3.8, 4) is 0 Å². The van der Waals surface area contributed by atoms with Gasteiger partial charge in [0.15, 0.2) is 0 Å². The third kappa shape index (κ3) is 1.47. The fraction of sp³-hybridized carbons (Fsp3) is 0.538. The van der Waals surface area contributed by atoms with E-state index < -0.39 is 0 Å². The maximum Gasteiger partial charge on any atom is 0.0593 e. The zero-order chi connectivity index (χ0) is 11.9. The summed E-state index contributed by atoms with van der Waals surface area (Å²) < 4.78 is 10.9. The minimum absolute atomic E-state index is 0.00903. The molecule has 17 heavy (non-hydrogen) atoms. The maximum absolute atomic E-state index is 6.08. The SMILES string of the molecule is NCC1(C2(c3cccc(Cl)c3)COC2)COC1. The molecule has 0 saturated carbocycles. The molecule has 3 rings (SSSR count). The van der Waals surface area contributed by atoms with Crippen molar-refractivity contribution in [1.82, 2.24) is 0 Å². The van der Waals surface area contributed by atoms with Crippen molar-refractivity contribution >= 4 is 11.6 Å². The lowest BCUT2D eigenvalue weighted by Crippen LogP contribution is -2.69. The first-order chi connectivity index (χ1) is 8.22. The van der Waals surface area contributed by atoms with E-state index in [9.17, 15) is 0 Å². The Morgan fingerprint density at radius 2 is 1.88 bits per heavy atom. The highest BCUT2D eigenvalue weighted by Gasteiger charge is 2.60. The van der Waals surface area contributed by atoms with Crippen LogP contribution in [0.2, 0.25) is 5.02 Å². The lowest BCUT2D eigenvalue weighted by atomic mass is 9.57. The van der Waals surface area contributed by atoms with Crippen molar-refractivity contribution in [3.05, 3.63) is 34.9 Å². The first kappa shape index (κ1) is 11.5. The van der Waals surface area contributed by atoms with Crippen molar-refractivity contribution in [3.63, 3.8) is 0 Å². The summed E-state index contributed by atoms with van der Waals surface area (Å²) >= 11 is 6.08. The second kappa shape index (κ2) is 3.95.